The standard InChI is InChI=1S/C11H12BrNO2/c12-8-5-10-9(4-7(8)6-13)14-11(15-10)2-1-3-11/h4-5H,1-3,6,13H2. The third kappa shape index (κ3) is 1.35. The molecule has 0 unspecified atom stereocenters. The average molecular weight is 270 g/mol. The minimum absolute atomic E-state index is 0.352. The predicted octanol–water partition coefficient (Wildman–Crippen LogP) is 2.56. The van der Waals surface area contributed by atoms with Crippen molar-refractivity contribution >= 4 is 15.9 Å². The Labute approximate surface area is 96.7 Å². The molecule has 3 rings (SSSR count). The van der Waals surface area contributed by atoms with Crippen molar-refractivity contribution in [1.29, 1.82) is 0 Å². The maximum Gasteiger partial charge on any atom is 0.251 e. The van der Waals surface area contributed by atoms with Gasteiger partial charge in [-0.15, -0.1) is 0 Å². The van der Waals surface area contributed by atoms with Crippen LogP contribution in [0.15, 0.2) is 16.6 Å². The number of hydrogen-bond donors (Lipinski definition) is 1. The molecule has 0 amide bonds. The third-order valence-electron chi connectivity index (χ3n) is 3.04. The molecule has 1 aromatic carbocycles. The van der Waals surface area contributed by atoms with Crippen molar-refractivity contribution < 1.29 is 9.47 Å². The Morgan fingerprint density at radius 2 is 1.93 bits per heavy atom. The van der Waals surface area contributed by atoms with Crippen LogP contribution in [-0.4, -0.2) is 5.79 Å². The first-order valence-corrected chi connectivity index (χ1v) is 5.92. The molecule has 0 atom stereocenters. The molecular formula is C11H12BrNO2. The summed E-state index contributed by atoms with van der Waals surface area (Å²) in [4.78, 5) is 0. The molecule has 0 radical (unpaired) electrons. The molecule has 1 fully saturated rings. The Morgan fingerprint density at radius 3 is 2.47 bits per heavy atom. The summed E-state index contributed by atoms with van der Waals surface area (Å²) < 4.78 is 12.6. The first-order valence-electron chi connectivity index (χ1n) is 5.13. The van der Waals surface area contributed by atoms with Gasteiger partial charge in [-0.25, -0.2) is 0 Å². The van der Waals surface area contributed by atoms with E-state index in [4.69, 9.17) is 15.2 Å². The molecule has 0 bridgehead atoms. The van der Waals surface area contributed by atoms with E-state index in [2.05, 4.69) is 15.9 Å². The van der Waals surface area contributed by atoms with Crippen molar-refractivity contribution in [2.75, 3.05) is 0 Å². The van der Waals surface area contributed by atoms with Gasteiger partial charge in [-0.1, -0.05) is 15.9 Å². The highest BCUT2D eigenvalue weighted by atomic mass is 79.9. The Morgan fingerprint density at radius 1 is 1.27 bits per heavy atom. The second-order valence-corrected chi connectivity index (χ2v) is 4.92. The second kappa shape index (κ2) is 3.12. The van der Waals surface area contributed by atoms with Crippen LogP contribution in [0.3, 0.4) is 0 Å². The van der Waals surface area contributed by atoms with E-state index in [-0.39, 0.29) is 5.79 Å². The lowest BCUT2D eigenvalue weighted by Crippen LogP contribution is -2.45. The van der Waals surface area contributed by atoms with E-state index < -0.39 is 0 Å². The molecule has 1 aliphatic heterocycles. The van der Waals surface area contributed by atoms with Gasteiger partial charge in [0.05, 0.1) is 0 Å². The number of halogens is 1. The summed E-state index contributed by atoms with van der Waals surface area (Å²) in [7, 11) is 0. The van der Waals surface area contributed by atoms with E-state index in [1.165, 1.54) is 6.42 Å². The largest absolute Gasteiger partial charge is 0.448 e. The summed E-state index contributed by atoms with van der Waals surface area (Å²) in [5.74, 6) is 1.31. The summed E-state index contributed by atoms with van der Waals surface area (Å²) in [6.45, 7) is 0.504. The minimum atomic E-state index is -0.352. The van der Waals surface area contributed by atoms with Gasteiger partial charge in [0, 0.05) is 23.9 Å². The van der Waals surface area contributed by atoms with E-state index in [0.717, 1.165) is 34.4 Å². The van der Waals surface area contributed by atoms with Crippen molar-refractivity contribution in [3.05, 3.63) is 22.2 Å². The van der Waals surface area contributed by atoms with Crippen molar-refractivity contribution in [1.82, 2.24) is 0 Å². The molecule has 1 saturated carbocycles. The molecule has 2 N–H and O–H groups in total. The summed E-state index contributed by atoms with van der Waals surface area (Å²) in [6.07, 6.45) is 3.15. The number of benzene rings is 1. The summed E-state index contributed by atoms with van der Waals surface area (Å²) >= 11 is 3.47. The number of ether oxygens (including phenoxy) is 2. The van der Waals surface area contributed by atoms with Gasteiger partial charge in [0.2, 0.25) is 0 Å². The highest BCUT2D eigenvalue weighted by Gasteiger charge is 2.47. The number of rotatable bonds is 1. The fraction of sp³-hybridized carbons (Fsp3) is 0.455. The van der Waals surface area contributed by atoms with Crippen molar-refractivity contribution in [3.63, 3.8) is 0 Å². The van der Waals surface area contributed by atoms with Gasteiger partial charge in [0.25, 0.3) is 5.79 Å². The van der Waals surface area contributed by atoms with E-state index in [9.17, 15) is 0 Å². The topological polar surface area (TPSA) is 44.5 Å². The Kier molecular flexibility index (Phi) is 1.97. The van der Waals surface area contributed by atoms with E-state index in [0.29, 0.717) is 6.54 Å². The van der Waals surface area contributed by atoms with Crippen LogP contribution in [0.25, 0.3) is 0 Å². The fourth-order valence-electron chi connectivity index (χ4n) is 1.98. The number of fused-ring (bicyclic) bond motifs is 1. The normalized spacial score (nSPS) is 20.4. The van der Waals surface area contributed by atoms with Crippen LogP contribution in [0.4, 0.5) is 0 Å². The first-order chi connectivity index (χ1) is 7.22. The third-order valence-corrected chi connectivity index (χ3v) is 3.78. The van der Waals surface area contributed by atoms with Gasteiger partial charge < -0.3 is 15.2 Å². The second-order valence-electron chi connectivity index (χ2n) is 4.06. The molecule has 80 valence electrons. The predicted molar refractivity (Wildman–Crippen MR) is 59.9 cm³/mol. The molecule has 4 heteroatoms. The highest BCUT2D eigenvalue weighted by molar-refractivity contribution is 9.10. The fourth-order valence-corrected chi connectivity index (χ4v) is 2.47. The Balaban J connectivity index is 1.99. The average Bonchev–Trinajstić information content (AvgIpc) is 2.54. The summed E-state index contributed by atoms with van der Waals surface area (Å²) in [6, 6.07) is 3.91. The molecule has 0 saturated heterocycles. The van der Waals surface area contributed by atoms with Gasteiger partial charge in [0.15, 0.2) is 11.5 Å². The van der Waals surface area contributed by atoms with Crippen LogP contribution in [0.1, 0.15) is 24.8 Å². The van der Waals surface area contributed by atoms with Gasteiger partial charge in [-0.2, -0.15) is 0 Å². The van der Waals surface area contributed by atoms with Gasteiger partial charge in [-0.3, -0.25) is 0 Å². The maximum atomic E-state index is 5.83. The van der Waals surface area contributed by atoms with Crippen LogP contribution < -0.4 is 15.2 Å². The van der Waals surface area contributed by atoms with Crippen LogP contribution in [0.2, 0.25) is 0 Å². The van der Waals surface area contributed by atoms with Gasteiger partial charge in [-0.05, 0) is 24.1 Å². The van der Waals surface area contributed by atoms with E-state index in [1.807, 2.05) is 12.1 Å². The SMILES string of the molecule is NCc1cc2c(cc1Br)OC1(CCC1)O2. The lowest BCUT2D eigenvalue weighted by Gasteiger charge is -2.35. The summed E-state index contributed by atoms with van der Waals surface area (Å²) in [5.41, 5.74) is 6.68. The molecule has 1 heterocycles. The number of nitrogens with two attached hydrogens (primary N) is 1. The van der Waals surface area contributed by atoms with E-state index >= 15 is 0 Å². The molecular weight excluding hydrogens is 258 g/mol. The molecule has 1 aliphatic carbocycles. The van der Waals surface area contributed by atoms with Crippen LogP contribution in [-0.2, 0) is 6.54 Å². The molecule has 0 aromatic heterocycles. The maximum absolute atomic E-state index is 5.83. The smallest absolute Gasteiger partial charge is 0.251 e. The summed E-state index contributed by atoms with van der Waals surface area (Å²) in [5, 5.41) is 0. The van der Waals surface area contributed by atoms with Gasteiger partial charge >= 0.3 is 0 Å². The molecule has 15 heavy (non-hydrogen) atoms. The van der Waals surface area contributed by atoms with Crippen molar-refractivity contribution in [2.24, 2.45) is 5.73 Å². The van der Waals surface area contributed by atoms with Crippen molar-refractivity contribution in [2.45, 2.75) is 31.6 Å². The highest BCUT2D eigenvalue weighted by Crippen LogP contribution is 2.49. The molecule has 1 aromatic rings. The Bertz CT molecular complexity index is 415. The van der Waals surface area contributed by atoms with Crippen LogP contribution in [0, 0.1) is 0 Å². The van der Waals surface area contributed by atoms with Crippen molar-refractivity contribution in [3.8, 4) is 11.5 Å². The molecule has 2 aliphatic rings. The Hall–Kier alpha value is -0.740. The zero-order chi connectivity index (χ0) is 10.5. The minimum Gasteiger partial charge on any atom is -0.448 e. The van der Waals surface area contributed by atoms with Crippen LogP contribution >= 0.6 is 15.9 Å². The van der Waals surface area contributed by atoms with Crippen LogP contribution in [0.5, 0.6) is 11.5 Å². The molecule has 1 spiro atoms. The van der Waals surface area contributed by atoms with Gasteiger partial charge in [0.1, 0.15) is 0 Å². The lowest BCUT2D eigenvalue weighted by atomic mass is 9.91. The monoisotopic (exact) mass is 269 g/mol. The zero-order valence-corrected chi connectivity index (χ0v) is 9.84. The zero-order valence-electron chi connectivity index (χ0n) is 8.25. The van der Waals surface area contributed by atoms with E-state index in [1.54, 1.807) is 0 Å². The molecule has 3 nitrogen and oxygen atoms in total. The lowest BCUT2D eigenvalue weighted by molar-refractivity contribution is -0.138. The quantitative estimate of drug-likeness (QED) is 0.852. The first kappa shape index (κ1) is 9.48. The number of hydrogen-bond acceptors (Lipinski definition) is 3.